The van der Waals surface area contributed by atoms with E-state index in [1.54, 1.807) is 32.4 Å². The van der Waals surface area contributed by atoms with Gasteiger partial charge in [-0.25, -0.2) is 4.98 Å². The number of fused-ring (bicyclic) bond motifs is 1. The highest BCUT2D eigenvalue weighted by Crippen LogP contribution is 2.20. The fourth-order valence-electron chi connectivity index (χ4n) is 3.52. The summed E-state index contributed by atoms with van der Waals surface area (Å²) in [7, 11) is 5.47. The van der Waals surface area contributed by atoms with Crippen molar-refractivity contribution in [2.24, 2.45) is 0 Å². The number of rotatable bonds is 12. The van der Waals surface area contributed by atoms with E-state index in [4.69, 9.17) is 0 Å². The van der Waals surface area contributed by atoms with E-state index in [1.165, 1.54) is 11.0 Å². The van der Waals surface area contributed by atoms with Gasteiger partial charge in [0.05, 0.1) is 23.5 Å². The number of anilines is 3. The molecule has 0 unspecified atom stereocenters. The molecular formula is C28H37N9O2. The minimum absolute atomic E-state index is 0.197. The number of nitrogens with one attached hydrogen (secondary N) is 4. The van der Waals surface area contributed by atoms with Gasteiger partial charge in [0, 0.05) is 50.3 Å². The van der Waals surface area contributed by atoms with Gasteiger partial charge in [-0.3, -0.25) is 14.7 Å². The van der Waals surface area contributed by atoms with Crippen LogP contribution in [0.3, 0.4) is 0 Å². The lowest BCUT2D eigenvalue weighted by molar-refractivity contribution is -0.135. The number of hydrogen-bond donors (Lipinski definition) is 4. The van der Waals surface area contributed by atoms with Crippen molar-refractivity contribution in [3.8, 4) is 11.8 Å². The van der Waals surface area contributed by atoms with Crippen LogP contribution in [0, 0.1) is 11.8 Å². The van der Waals surface area contributed by atoms with Crippen LogP contribution in [0.2, 0.25) is 0 Å². The fourth-order valence-corrected chi connectivity index (χ4v) is 3.52. The number of benzene rings is 1. The molecule has 0 fully saturated rings. The molecule has 3 rings (SSSR count). The number of aromatic amines is 1. The SMILES string of the molecule is CCNc1nc(Nc2ccc3cn[nH]c3c2)ncc1C#CCCCNC(=O)[C@H](C)N(C)C(=O)/C=C/CN(C)C. The summed E-state index contributed by atoms with van der Waals surface area (Å²) in [6.07, 6.45) is 8.01. The monoisotopic (exact) mass is 531 g/mol. The number of nitrogens with zero attached hydrogens (tertiary/aromatic N) is 5. The van der Waals surface area contributed by atoms with Gasteiger partial charge in [-0.15, -0.1) is 0 Å². The van der Waals surface area contributed by atoms with Crippen LogP contribution in [0.1, 0.15) is 32.3 Å². The molecule has 206 valence electrons. The van der Waals surface area contributed by atoms with Crippen molar-refractivity contribution in [1.29, 1.82) is 0 Å². The molecule has 2 amide bonds. The number of H-pyrrole nitrogens is 1. The second-order valence-electron chi connectivity index (χ2n) is 9.27. The average molecular weight is 532 g/mol. The number of hydrogen-bond acceptors (Lipinski definition) is 8. The maximum absolute atomic E-state index is 12.4. The Labute approximate surface area is 229 Å². The lowest BCUT2D eigenvalue weighted by Crippen LogP contribution is -2.45. The molecule has 0 radical (unpaired) electrons. The summed E-state index contributed by atoms with van der Waals surface area (Å²) in [6.45, 7) is 5.53. The van der Waals surface area contributed by atoms with Crippen LogP contribution in [0.25, 0.3) is 10.9 Å². The predicted molar refractivity (Wildman–Crippen MR) is 155 cm³/mol. The number of aromatic nitrogens is 4. The normalized spacial score (nSPS) is 11.7. The van der Waals surface area contributed by atoms with Crippen LogP contribution >= 0.6 is 0 Å². The van der Waals surface area contributed by atoms with Gasteiger partial charge in [-0.1, -0.05) is 17.9 Å². The molecule has 2 heterocycles. The summed E-state index contributed by atoms with van der Waals surface area (Å²) in [4.78, 5) is 37.1. The fraction of sp³-hybridized carbons (Fsp3) is 0.393. The zero-order valence-electron chi connectivity index (χ0n) is 23.2. The Morgan fingerprint density at radius 1 is 1.21 bits per heavy atom. The summed E-state index contributed by atoms with van der Waals surface area (Å²) in [5.74, 6) is 6.97. The molecular weight excluding hydrogens is 494 g/mol. The zero-order valence-corrected chi connectivity index (χ0v) is 23.2. The molecule has 4 N–H and O–H groups in total. The minimum atomic E-state index is -0.569. The van der Waals surface area contributed by atoms with Gasteiger partial charge < -0.3 is 25.8 Å². The Morgan fingerprint density at radius 2 is 2.03 bits per heavy atom. The van der Waals surface area contributed by atoms with E-state index < -0.39 is 6.04 Å². The molecule has 0 aliphatic heterocycles. The molecule has 0 spiro atoms. The number of carbonyl (C=O) groups excluding carboxylic acids is 2. The molecule has 11 heteroatoms. The Kier molecular flexibility index (Phi) is 10.8. The van der Waals surface area contributed by atoms with Crippen LogP contribution in [-0.4, -0.2) is 88.6 Å². The van der Waals surface area contributed by atoms with Crippen LogP contribution in [0.5, 0.6) is 0 Å². The van der Waals surface area contributed by atoms with Crippen molar-refractivity contribution in [3.63, 3.8) is 0 Å². The molecule has 0 aliphatic rings. The van der Waals surface area contributed by atoms with E-state index in [0.29, 0.717) is 49.8 Å². The van der Waals surface area contributed by atoms with Crippen molar-refractivity contribution < 1.29 is 9.59 Å². The minimum Gasteiger partial charge on any atom is -0.369 e. The summed E-state index contributed by atoms with van der Waals surface area (Å²) < 4.78 is 0. The Balaban J connectivity index is 1.48. The lowest BCUT2D eigenvalue weighted by atomic mass is 10.2. The van der Waals surface area contributed by atoms with Crippen molar-refractivity contribution >= 4 is 40.2 Å². The summed E-state index contributed by atoms with van der Waals surface area (Å²) in [6, 6.07) is 5.30. The van der Waals surface area contributed by atoms with Gasteiger partial charge in [-0.05, 0) is 52.6 Å². The second-order valence-corrected chi connectivity index (χ2v) is 9.27. The first-order valence-corrected chi connectivity index (χ1v) is 12.9. The van der Waals surface area contributed by atoms with E-state index in [1.807, 2.05) is 44.1 Å². The number of unbranched alkanes of at least 4 members (excludes halogenated alkanes) is 1. The third-order valence-corrected chi connectivity index (χ3v) is 5.87. The zero-order chi connectivity index (χ0) is 28.2. The highest BCUT2D eigenvalue weighted by atomic mass is 16.2. The molecule has 3 aromatic rings. The molecule has 0 saturated carbocycles. The summed E-state index contributed by atoms with van der Waals surface area (Å²) >= 11 is 0. The Bertz CT molecular complexity index is 1350. The summed E-state index contributed by atoms with van der Waals surface area (Å²) in [5.41, 5.74) is 2.47. The van der Waals surface area contributed by atoms with Gasteiger partial charge in [0.1, 0.15) is 11.9 Å². The van der Waals surface area contributed by atoms with Crippen molar-refractivity contribution in [2.45, 2.75) is 32.7 Å². The van der Waals surface area contributed by atoms with E-state index >= 15 is 0 Å². The van der Waals surface area contributed by atoms with E-state index in [9.17, 15) is 9.59 Å². The standard InChI is InChI=1S/C28H37N9O2/c1-6-29-26-22(18-31-28(34-26)33-23-14-13-21-19-32-35-24(21)17-23)11-8-7-9-15-30-27(39)20(2)37(5)25(38)12-10-16-36(3)4/h10,12-14,17-20H,6-7,9,15-16H2,1-5H3,(H,30,39)(H,32,35)(H2,29,31,33,34)/b12-10+/t20-/m0/s1. The van der Waals surface area contributed by atoms with Gasteiger partial charge in [0.15, 0.2) is 0 Å². The summed E-state index contributed by atoms with van der Waals surface area (Å²) in [5, 5.41) is 17.4. The maximum atomic E-state index is 12.4. The van der Waals surface area contributed by atoms with Crippen molar-refractivity contribution in [3.05, 3.63) is 48.3 Å². The van der Waals surface area contributed by atoms with Crippen LogP contribution in [0.15, 0.2) is 42.7 Å². The first kappa shape index (κ1) is 29.1. The van der Waals surface area contributed by atoms with Gasteiger partial charge in [0.2, 0.25) is 17.8 Å². The first-order valence-electron chi connectivity index (χ1n) is 12.9. The quantitative estimate of drug-likeness (QED) is 0.159. The molecule has 2 aromatic heterocycles. The highest BCUT2D eigenvalue weighted by Gasteiger charge is 2.20. The topological polar surface area (TPSA) is 131 Å². The number of likely N-dealkylation sites (N-methyl/N-ethyl adjacent to an activating group) is 2. The maximum Gasteiger partial charge on any atom is 0.246 e. The van der Waals surface area contributed by atoms with E-state index in [2.05, 4.69) is 48.0 Å². The first-order chi connectivity index (χ1) is 18.8. The van der Waals surface area contributed by atoms with Gasteiger partial charge >= 0.3 is 0 Å². The average Bonchev–Trinajstić information content (AvgIpc) is 3.38. The van der Waals surface area contributed by atoms with Crippen molar-refractivity contribution in [1.82, 2.24) is 35.3 Å². The second kappa shape index (κ2) is 14.5. The number of carbonyl (C=O) groups is 2. The molecule has 1 atom stereocenters. The molecule has 1 aromatic carbocycles. The van der Waals surface area contributed by atoms with Gasteiger partial charge in [-0.2, -0.15) is 10.1 Å². The molecule has 39 heavy (non-hydrogen) atoms. The Hall–Kier alpha value is -4.43. The predicted octanol–water partition coefficient (Wildman–Crippen LogP) is 2.74. The smallest absolute Gasteiger partial charge is 0.246 e. The molecule has 0 saturated heterocycles. The molecule has 11 nitrogen and oxygen atoms in total. The van der Waals surface area contributed by atoms with Crippen LogP contribution in [0.4, 0.5) is 17.5 Å². The lowest BCUT2D eigenvalue weighted by Gasteiger charge is -2.23. The molecule has 0 bridgehead atoms. The van der Waals surface area contributed by atoms with Crippen LogP contribution in [-0.2, 0) is 9.59 Å². The third kappa shape index (κ3) is 8.83. The largest absolute Gasteiger partial charge is 0.369 e. The van der Waals surface area contributed by atoms with E-state index in [0.717, 1.165) is 16.6 Å². The number of amides is 2. The Morgan fingerprint density at radius 3 is 2.79 bits per heavy atom. The third-order valence-electron chi connectivity index (χ3n) is 5.87. The highest BCUT2D eigenvalue weighted by molar-refractivity contribution is 5.92. The molecule has 0 aliphatic carbocycles. The van der Waals surface area contributed by atoms with Gasteiger partial charge in [0.25, 0.3) is 0 Å². The van der Waals surface area contributed by atoms with E-state index in [-0.39, 0.29) is 11.8 Å². The van der Waals surface area contributed by atoms with Crippen molar-refractivity contribution in [2.75, 3.05) is 51.4 Å². The van der Waals surface area contributed by atoms with Crippen LogP contribution < -0.4 is 16.0 Å².